The normalized spacial score (nSPS) is 14.8. The maximum absolute atomic E-state index is 12.2. The molecule has 7 heteroatoms. The summed E-state index contributed by atoms with van der Waals surface area (Å²) >= 11 is 0. The van der Waals surface area contributed by atoms with Gasteiger partial charge in [-0.1, -0.05) is 6.07 Å². The second-order valence-corrected chi connectivity index (χ2v) is 6.49. The molecule has 2 aromatic rings. The zero-order chi connectivity index (χ0) is 15.0. The van der Waals surface area contributed by atoms with Gasteiger partial charge in [-0.05, 0) is 41.8 Å². The van der Waals surface area contributed by atoms with Crippen molar-refractivity contribution in [3.8, 4) is 0 Å². The van der Waals surface area contributed by atoms with Crippen molar-refractivity contribution < 1.29 is 17.6 Å². The summed E-state index contributed by atoms with van der Waals surface area (Å²) in [5, 5.41) is 5.14. The minimum atomic E-state index is -3.74. The number of nitrogens with two attached hydrogens (primary N) is 1. The minimum Gasteiger partial charge on any atom is -0.459 e. The number of hydrogen-bond donors (Lipinski definition) is 1. The second kappa shape index (κ2) is 5.01. The Labute approximate surface area is 122 Å². The van der Waals surface area contributed by atoms with Crippen LogP contribution < -0.4 is 5.14 Å². The molecule has 21 heavy (non-hydrogen) atoms. The Kier molecular flexibility index (Phi) is 3.30. The molecule has 0 unspecified atom stereocenters. The average Bonchev–Trinajstić information content (AvgIpc) is 2.98. The first-order valence-electron chi connectivity index (χ1n) is 6.42. The van der Waals surface area contributed by atoms with Crippen LogP contribution in [-0.2, 0) is 23.0 Å². The van der Waals surface area contributed by atoms with Gasteiger partial charge in [-0.2, -0.15) is 0 Å². The molecule has 0 fully saturated rings. The Bertz CT molecular complexity index is 781. The second-order valence-electron chi connectivity index (χ2n) is 4.93. The van der Waals surface area contributed by atoms with Crippen molar-refractivity contribution in [3.05, 3.63) is 53.5 Å². The van der Waals surface area contributed by atoms with Crippen LogP contribution in [0.15, 0.2) is 45.9 Å². The standard InChI is InChI=1S/C14H14N2O4S/c15-21(18,19)12-4-3-10-5-6-16(9-11(10)8-12)14(17)13-2-1-7-20-13/h1-4,7-8H,5-6,9H2,(H2,15,18,19). The molecule has 2 heterocycles. The van der Waals surface area contributed by atoms with E-state index in [2.05, 4.69) is 0 Å². The molecule has 0 bridgehead atoms. The number of rotatable bonds is 2. The van der Waals surface area contributed by atoms with Crippen LogP contribution in [-0.4, -0.2) is 25.8 Å². The van der Waals surface area contributed by atoms with Gasteiger partial charge in [0.05, 0.1) is 11.2 Å². The monoisotopic (exact) mass is 306 g/mol. The van der Waals surface area contributed by atoms with Crippen LogP contribution in [0.3, 0.4) is 0 Å². The summed E-state index contributed by atoms with van der Waals surface area (Å²) in [7, 11) is -3.74. The quantitative estimate of drug-likeness (QED) is 0.899. The molecule has 1 amide bonds. The van der Waals surface area contributed by atoms with Gasteiger partial charge in [0.15, 0.2) is 5.76 Å². The fourth-order valence-corrected chi connectivity index (χ4v) is 3.00. The molecule has 0 spiro atoms. The van der Waals surface area contributed by atoms with Crippen molar-refractivity contribution in [2.45, 2.75) is 17.9 Å². The Hall–Kier alpha value is -2.12. The van der Waals surface area contributed by atoms with E-state index >= 15 is 0 Å². The summed E-state index contributed by atoms with van der Waals surface area (Å²) < 4.78 is 27.9. The third kappa shape index (κ3) is 2.70. The largest absolute Gasteiger partial charge is 0.459 e. The van der Waals surface area contributed by atoms with E-state index in [1.54, 1.807) is 23.1 Å². The number of nitrogens with zero attached hydrogens (tertiary/aromatic N) is 1. The molecule has 1 aliphatic rings. The Morgan fingerprint density at radius 2 is 2.05 bits per heavy atom. The number of benzene rings is 1. The number of hydrogen-bond acceptors (Lipinski definition) is 4. The van der Waals surface area contributed by atoms with Gasteiger partial charge in [0, 0.05) is 13.1 Å². The van der Waals surface area contributed by atoms with E-state index < -0.39 is 10.0 Å². The lowest BCUT2D eigenvalue weighted by Gasteiger charge is -2.28. The molecule has 6 nitrogen and oxygen atoms in total. The Balaban J connectivity index is 1.89. The summed E-state index contributed by atoms with van der Waals surface area (Å²) in [5.41, 5.74) is 1.83. The first kappa shape index (κ1) is 13.8. The van der Waals surface area contributed by atoms with Crippen LogP contribution in [0.25, 0.3) is 0 Å². The number of amides is 1. The van der Waals surface area contributed by atoms with Crippen molar-refractivity contribution in [2.24, 2.45) is 5.14 Å². The van der Waals surface area contributed by atoms with E-state index in [0.29, 0.717) is 19.5 Å². The molecule has 110 valence electrons. The molecule has 2 N–H and O–H groups in total. The van der Waals surface area contributed by atoms with Crippen LogP contribution in [0.4, 0.5) is 0 Å². The zero-order valence-corrected chi connectivity index (χ0v) is 12.0. The predicted octanol–water partition coefficient (Wildman–Crippen LogP) is 1.13. The van der Waals surface area contributed by atoms with Crippen molar-refractivity contribution in [1.82, 2.24) is 4.90 Å². The van der Waals surface area contributed by atoms with Crippen molar-refractivity contribution >= 4 is 15.9 Å². The molecule has 0 saturated heterocycles. The summed E-state index contributed by atoms with van der Waals surface area (Å²) in [6.45, 7) is 0.916. The number of furan rings is 1. The highest BCUT2D eigenvalue weighted by Gasteiger charge is 2.24. The predicted molar refractivity (Wildman–Crippen MR) is 75.0 cm³/mol. The van der Waals surface area contributed by atoms with E-state index in [4.69, 9.17) is 9.56 Å². The topological polar surface area (TPSA) is 93.6 Å². The van der Waals surface area contributed by atoms with Crippen LogP contribution in [0.1, 0.15) is 21.7 Å². The van der Waals surface area contributed by atoms with Gasteiger partial charge in [0.2, 0.25) is 10.0 Å². The molecule has 0 atom stereocenters. The highest BCUT2D eigenvalue weighted by molar-refractivity contribution is 7.89. The molecule has 1 aromatic heterocycles. The van der Waals surface area contributed by atoms with E-state index in [-0.39, 0.29) is 16.6 Å². The highest BCUT2D eigenvalue weighted by Crippen LogP contribution is 2.23. The lowest BCUT2D eigenvalue weighted by Crippen LogP contribution is -2.35. The van der Waals surface area contributed by atoms with Crippen LogP contribution in [0.2, 0.25) is 0 Å². The van der Waals surface area contributed by atoms with Gasteiger partial charge in [0.25, 0.3) is 5.91 Å². The molecule has 1 aromatic carbocycles. The van der Waals surface area contributed by atoms with Crippen molar-refractivity contribution in [3.63, 3.8) is 0 Å². The summed E-state index contributed by atoms with van der Waals surface area (Å²) in [5.74, 6) is 0.0766. The van der Waals surface area contributed by atoms with Gasteiger partial charge < -0.3 is 9.32 Å². The number of carbonyl (C=O) groups is 1. The van der Waals surface area contributed by atoms with Crippen molar-refractivity contribution in [2.75, 3.05) is 6.54 Å². The van der Waals surface area contributed by atoms with E-state index in [0.717, 1.165) is 11.1 Å². The van der Waals surface area contributed by atoms with E-state index in [1.807, 2.05) is 0 Å². The van der Waals surface area contributed by atoms with Gasteiger partial charge in [-0.25, -0.2) is 13.6 Å². The van der Waals surface area contributed by atoms with E-state index in [1.165, 1.54) is 18.4 Å². The lowest BCUT2D eigenvalue weighted by atomic mass is 10.00. The fourth-order valence-electron chi connectivity index (χ4n) is 2.44. The highest BCUT2D eigenvalue weighted by atomic mass is 32.2. The third-order valence-electron chi connectivity index (χ3n) is 3.54. The van der Waals surface area contributed by atoms with Gasteiger partial charge in [-0.15, -0.1) is 0 Å². The molecular formula is C14H14N2O4S. The SMILES string of the molecule is NS(=O)(=O)c1ccc2c(c1)CN(C(=O)c1ccco1)CC2. The average molecular weight is 306 g/mol. The van der Waals surface area contributed by atoms with Crippen LogP contribution >= 0.6 is 0 Å². The maximum atomic E-state index is 12.2. The number of carbonyl (C=O) groups excluding carboxylic acids is 1. The minimum absolute atomic E-state index is 0.0635. The molecule has 0 radical (unpaired) electrons. The molecule has 1 aliphatic heterocycles. The molecule has 0 saturated carbocycles. The number of fused-ring (bicyclic) bond motifs is 1. The Morgan fingerprint density at radius 3 is 2.71 bits per heavy atom. The van der Waals surface area contributed by atoms with E-state index in [9.17, 15) is 13.2 Å². The Morgan fingerprint density at radius 1 is 1.24 bits per heavy atom. The van der Waals surface area contributed by atoms with Crippen LogP contribution in [0.5, 0.6) is 0 Å². The first-order chi connectivity index (χ1) is 9.95. The summed E-state index contributed by atoms with van der Waals surface area (Å²) in [4.78, 5) is 13.9. The fraction of sp³-hybridized carbons (Fsp3) is 0.214. The third-order valence-corrected chi connectivity index (χ3v) is 4.45. The first-order valence-corrected chi connectivity index (χ1v) is 7.97. The molecule has 0 aliphatic carbocycles. The maximum Gasteiger partial charge on any atom is 0.289 e. The zero-order valence-electron chi connectivity index (χ0n) is 11.2. The van der Waals surface area contributed by atoms with Gasteiger partial charge >= 0.3 is 0 Å². The van der Waals surface area contributed by atoms with Gasteiger partial charge in [0.1, 0.15) is 0 Å². The summed E-state index contributed by atoms with van der Waals surface area (Å²) in [6, 6.07) is 8.05. The number of primary sulfonamides is 1. The van der Waals surface area contributed by atoms with Crippen molar-refractivity contribution in [1.29, 1.82) is 0 Å². The molecular weight excluding hydrogens is 292 g/mol. The summed E-state index contributed by atoms with van der Waals surface area (Å²) in [6.07, 6.45) is 2.12. The molecule has 3 rings (SSSR count). The lowest BCUT2D eigenvalue weighted by molar-refractivity contribution is 0.0702. The van der Waals surface area contributed by atoms with Gasteiger partial charge in [-0.3, -0.25) is 4.79 Å². The van der Waals surface area contributed by atoms with Crippen LogP contribution in [0, 0.1) is 0 Å². The number of sulfonamides is 1. The smallest absolute Gasteiger partial charge is 0.289 e.